The SMILES string of the molecule is CC(=O)N[C@@H](CS[C@H]1CC(=O)N(c2ccc(Cl)c(Cl)c2)C1=O)C(=O)O. The molecule has 10 heteroatoms. The molecule has 2 N–H and O–H groups in total. The maximum Gasteiger partial charge on any atom is 0.327 e. The first-order valence-electron chi connectivity index (χ1n) is 7.14. The highest BCUT2D eigenvalue weighted by atomic mass is 35.5. The summed E-state index contributed by atoms with van der Waals surface area (Å²) in [4.78, 5) is 47.8. The first-order valence-corrected chi connectivity index (χ1v) is 8.94. The minimum Gasteiger partial charge on any atom is -0.480 e. The van der Waals surface area contributed by atoms with Crippen LogP contribution in [0.4, 0.5) is 5.69 Å². The highest BCUT2D eigenvalue weighted by Gasteiger charge is 2.40. The number of imide groups is 1. The van der Waals surface area contributed by atoms with Gasteiger partial charge in [0.25, 0.3) is 0 Å². The van der Waals surface area contributed by atoms with Crippen molar-refractivity contribution in [2.24, 2.45) is 0 Å². The fraction of sp³-hybridized carbons (Fsp3) is 0.333. The lowest BCUT2D eigenvalue weighted by Gasteiger charge is -2.17. The zero-order chi connectivity index (χ0) is 18.7. The van der Waals surface area contributed by atoms with Crippen molar-refractivity contribution in [3.05, 3.63) is 28.2 Å². The molecule has 0 saturated carbocycles. The van der Waals surface area contributed by atoms with E-state index in [2.05, 4.69) is 5.32 Å². The average Bonchev–Trinajstić information content (AvgIpc) is 2.80. The topological polar surface area (TPSA) is 104 Å². The van der Waals surface area contributed by atoms with E-state index in [0.29, 0.717) is 10.7 Å². The van der Waals surface area contributed by atoms with Crippen molar-refractivity contribution in [2.75, 3.05) is 10.7 Å². The van der Waals surface area contributed by atoms with E-state index in [-0.39, 0.29) is 17.2 Å². The summed E-state index contributed by atoms with van der Waals surface area (Å²) in [5, 5.41) is 11.2. The molecule has 0 radical (unpaired) electrons. The molecule has 1 aliphatic rings. The molecule has 1 aliphatic heterocycles. The van der Waals surface area contributed by atoms with Gasteiger partial charge in [-0.2, -0.15) is 0 Å². The maximum absolute atomic E-state index is 12.5. The van der Waals surface area contributed by atoms with Crippen molar-refractivity contribution in [1.82, 2.24) is 5.32 Å². The molecule has 0 unspecified atom stereocenters. The second-order valence-corrected chi connectivity index (χ2v) is 7.33. The molecule has 25 heavy (non-hydrogen) atoms. The zero-order valence-electron chi connectivity index (χ0n) is 13.0. The van der Waals surface area contributed by atoms with Crippen molar-refractivity contribution < 1.29 is 24.3 Å². The number of nitrogens with one attached hydrogen (secondary N) is 1. The molecule has 0 aliphatic carbocycles. The van der Waals surface area contributed by atoms with Crippen LogP contribution in [0.5, 0.6) is 0 Å². The van der Waals surface area contributed by atoms with E-state index in [4.69, 9.17) is 28.3 Å². The van der Waals surface area contributed by atoms with Crippen LogP contribution in [0, 0.1) is 0 Å². The van der Waals surface area contributed by atoms with Gasteiger partial charge in [0.1, 0.15) is 6.04 Å². The molecule has 1 aromatic rings. The number of carbonyl (C=O) groups excluding carboxylic acids is 3. The predicted octanol–water partition coefficient (Wildman–Crippen LogP) is 1.95. The molecule has 7 nitrogen and oxygen atoms in total. The molecule has 0 spiro atoms. The third-order valence-electron chi connectivity index (χ3n) is 3.41. The third kappa shape index (κ3) is 4.65. The van der Waals surface area contributed by atoms with E-state index in [1.807, 2.05) is 0 Å². The number of hydrogen-bond acceptors (Lipinski definition) is 5. The minimum absolute atomic E-state index is 0.0339. The highest BCUT2D eigenvalue weighted by Crippen LogP contribution is 2.33. The third-order valence-corrected chi connectivity index (χ3v) is 5.44. The molecule has 0 bridgehead atoms. The van der Waals surface area contributed by atoms with Gasteiger partial charge in [0, 0.05) is 19.1 Å². The van der Waals surface area contributed by atoms with Crippen LogP contribution in [-0.2, 0) is 19.2 Å². The number of carbonyl (C=O) groups is 4. The van der Waals surface area contributed by atoms with E-state index in [9.17, 15) is 19.2 Å². The number of aliphatic carboxylic acids is 1. The van der Waals surface area contributed by atoms with Crippen molar-refractivity contribution in [2.45, 2.75) is 24.6 Å². The van der Waals surface area contributed by atoms with Crippen LogP contribution in [0.3, 0.4) is 0 Å². The quantitative estimate of drug-likeness (QED) is 0.702. The van der Waals surface area contributed by atoms with E-state index in [1.54, 1.807) is 0 Å². The molecule has 3 amide bonds. The van der Waals surface area contributed by atoms with Crippen molar-refractivity contribution >= 4 is 64.3 Å². The number of amides is 3. The Labute approximate surface area is 157 Å². The van der Waals surface area contributed by atoms with Gasteiger partial charge in [0.15, 0.2) is 0 Å². The van der Waals surface area contributed by atoms with Crippen LogP contribution in [0.1, 0.15) is 13.3 Å². The molecule has 0 aromatic heterocycles. The molecule has 2 atom stereocenters. The van der Waals surface area contributed by atoms with E-state index >= 15 is 0 Å². The lowest BCUT2D eigenvalue weighted by molar-refractivity contribution is -0.140. The normalized spacial score (nSPS) is 18.4. The van der Waals surface area contributed by atoms with Crippen molar-refractivity contribution in [3.63, 3.8) is 0 Å². The Balaban J connectivity index is 2.08. The summed E-state index contributed by atoms with van der Waals surface area (Å²) in [6.45, 7) is 1.21. The fourth-order valence-electron chi connectivity index (χ4n) is 2.26. The van der Waals surface area contributed by atoms with Crippen molar-refractivity contribution in [3.8, 4) is 0 Å². The number of carboxylic acids is 1. The average molecular weight is 405 g/mol. The van der Waals surface area contributed by atoms with Gasteiger partial charge in [0.05, 0.1) is 21.0 Å². The number of hydrogen-bond donors (Lipinski definition) is 2. The molecule has 2 rings (SSSR count). The van der Waals surface area contributed by atoms with Gasteiger partial charge in [-0.1, -0.05) is 23.2 Å². The van der Waals surface area contributed by atoms with Gasteiger partial charge < -0.3 is 10.4 Å². The largest absolute Gasteiger partial charge is 0.480 e. The van der Waals surface area contributed by atoms with Gasteiger partial charge in [-0.05, 0) is 18.2 Å². The van der Waals surface area contributed by atoms with Gasteiger partial charge >= 0.3 is 5.97 Å². The van der Waals surface area contributed by atoms with Crippen LogP contribution in [-0.4, -0.2) is 45.8 Å². The number of nitrogens with zero attached hydrogens (tertiary/aromatic N) is 1. The van der Waals surface area contributed by atoms with E-state index in [1.165, 1.54) is 25.1 Å². The van der Waals surface area contributed by atoms with Gasteiger partial charge in [0.2, 0.25) is 17.7 Å². The summed E-state index contributed by atoms with van der Waals surface area (Å²) in [6, 6.07) is 3.28. The van der Waals surface area contributed by atoms with Crippen LogP contribution >= 0.6 is 35.0 Å². The molecular weight excluding hydrogens is 391 g/mol. The standard InChI is InChI=1S/C15H14Cl2N2O5S/c1-7(20)18-11(15(23)24)6-25-12-5-13(21)19(14(12)22)8-2-3-9(16)10(17)4-8/h2-4,11-12H,5-6H2,1H3,(H,18,20)(H,23,24)/t11-,12-/m0/s1. The summed E-state index contributed by atoms with van der Waals surface area (Å²) < 4.78 is 0. The van der Waals surface area contributed by atoms with Gasteiger partial charge in [-0.15, -0.1) is 11.8 Å². The fourth-order valence-corrected chi connectivity index (χ4v) is 3.71. The van der Waals surface area contributed by atoms with Crippen LogP contribution in [0.2, 0.25) is 10.0 Å². The first-order chi connectivity index (χ1) is 11.7. The number of halogens is 2. The molecule has 1 saturated heterocycles. The maximum atomic E-state index is 12.5. The molecule has 1 fully saturated rings. The Morgan fingerprint density at radius 3 is 2.60 bits per heavy atom. The Morgan fingerprint density at radius 1 is 1.36 bits per heavy atom. The van der Waals surface area contributed by atoms with Crippen LogP contribution in [0.15, 0.2) is 18.2 Å². The summed E-state index contributed by atoms with van der Waals surface area (Å²) in [5.74, 6) is -2.60. The van der Waals surface area contributed by atoms with Gasteiger partial charge in [-0.25, -0.2) is 9.69 Å². The summed E-state index contributed by atoms with van der Waals surface area (Å²) >= 11 is 12.8. The molecular formula is C15H14Cl2N2O5S. The Bertz CT molecular complexity index is 743. The second-order valence-electron chi connectivity index (χ2n) is 5.28. The number of benzene rings is 1. The highest BCUT2D eigenvalue weighted by molar-refractivity contribution is 8.00. The van der Waals surface area contributed by atoms with Crippen molar-refractivity contribution in [1.29, 1.82) is 0 Å². The van der Waals surface area contributed by atoms with Crippen LogP contribution in [0.25, 0.3) is 0 Å². The lowest BCUT2D eigenvalue weighted by atomic mass is 10.3. The smallest absolute Gasteiger partial charge is 0.327 e. The number of anilines is 1. The Hall–Kier alpha value is -1.77. The lowest BCUT2D eigenvalue weighted by Crippen LogP contribution is -2.42. The van der Waals surface area contributed by atoms with E-state index in [0.717, 1.165) is 16.7 Å². The monoisotopic (exact) mass is 404 g/mol. The number of rotatable bonds is 6. The van der Waals surface area contributed by atoms with Crippen LogP contribution < -0.4 is 10.2 Å². The second kappa shape index (κ2) is 8.07. The van der Waals surface area contributed by atoms with Gasteiger partial charge in [-0.3, -0.25) is 14.4 Å². The Kier molecular flexibility index (Phi) is 6.31. The number of thioether (sulfide) groups is 1. The summed E-state index contributed by atoms with van der Waals surface area (Å²) in [7, 11) is 0. The zero-order valence-corrected chi connectivity index (χ0v) is 15.3. The molecule has 1 heterocycles. The summed E-state index contributed by atoms with van der Waals surface area (Å²) in [5.41, 5.74) is 0.309. The Morgan fingerprint density at radius 2 is 2.04 bits per heavy atom. The predicted molar refractivity (Wildman–Crippen MR) is 95.1 cm³/mol. The molecule has 134 valence electrons. The first kappa shape index (κ1) is 19.6. The molecule has 1 aromatic carbocycles. The summed E-state index contributed by atoms with van der Waals surface area (Å²) in [6.07, 6.45) is -0.0594. The van der Waals surface area contributed by atoms with E-state index < -0.39 is 35.0 Å². The minimum atomic E-state index is -1.21. The number of carboxylic acid groups (broad SMARTS) is 1.